The average molecular weight is 268 g/mol. The van der Waals surface area contributed by atoms with Crippen LogP contribution in [0, 0.1) is 11.8 Å². The molecule has 1 nitrogen and oxygen atoms in total. The van der Waals surface area contributed by atoms with Crippen LogP contribution in [0.4, 0.5) is 0 Å². The molecular weight excluding hydrogens is 230 g/mol. The molecule has 0 aliphatic heterocycles. The van der Waals surface area contributed by atoms with Gasteiger partial charge in [0.25, 0.3) is 0 Å². The van der Waals surface area contributed by atoms with Crippen LogP contribution in [0.15, 0.2) is 0 Å². The Morgan fingerprint density at radius 2 is 1.47 bits per heavy atom. The average Bonchev–Trinajstić information content (AvgIpc) is 2.43. The van der Waals surface area contributed by atoms with Gasteiger partial charge >= 0.3 is 0 Å². The molecule has 1 saturated carbocycles. The summed E-state index contributed by atoms with van der Waals surface area (Å²) in [6, 6.07) is 0.795. The highest BCUT2D eigenvalue weighted by Gasteiger charge is 2.24. The normalized spacial score (nSPS) is 25.4. The summed E-state index contributed by atoms with van der Waals surface area (Å²) in [7, 11) is 2.17. The molecule has 1 atom stereocenters. The van der Waals surface area contributed by atoms with Crippen LogP contribution in [0.3, 0.4) is 0 Å². The van der Waals surface area contributed by atoms with E-state index < -0.39 is 0 Å². The minimum Gasteiger partial charge on any atom is -0.317 e. The molecule has 0 aromatic carbocycles. The SMILES string of the molecule is CCCCCCCCCC(NC)C1CCC(C)CC1. The van der Waals surface area contributed by atoms with Crippen molar-refractivity contribution in [2.45, 2.75) is 96.9 Å². The molecule has 0 spiro atoms. The van der Waals surface area contributed by atoms with E-state index in [1.165, 1.54) is 77.0 Å². The second-order valence-electron chi connectivity index (χ2n) is 6.83. The number of nitrogens with one attached hydrogen (secondary N) is 1. The summed E-state index contributed by atoms with van der Waals surface area (Å²) in [4.78, 5) is 0. The minimum absolute atomic E-state index is 0.795. The van der Waals surface area contributed by atoms with E-state index >= 15 is 0 Å². The van der Waals surface area contributed by atoms with E-state index in [1.54, 1.807) is 0 Å². The molecule has 0 aromatic rings. The molecule has 1 N–H and O–H groups in total. The molecule has 19 heavy (non-hydrogen) atoms. The summed E-state index contributed by atoms with van der Waals surface area (Å²) in [6.07, 6.45) is 17.3. The van der Waals surface area contributed by atoms with Gasteiger partial charge in [-0.05, 0) is 38.1 Å². The number of unbranched alkanes of at least 4 members (excludes halogenated alkanes) is 6. The van der Waals surface area contributed by atoms with Gasteiger partial charge in [-0.25, -0.2) is 0 Å². The smallest absolute Gasteiger partial charge is 0.00923 e. The van der Waals surface area contributed by atoms with Gasteiger partial charge in [0.05, 0.1) is 0 Å². The van der Waals surface area contributed by atoms with E-state index in [1.807, 2.05) is 0 Å². The zero-order chi connectivity index (χ0) is 13.9. The van der Waals surface area contributed by atoms with Crippen molar-refractivity contribution in [1.82, 2.24) is 5.32 Å². The van der Waals surface area contributed by atoms with Gasteiger partial charge < -0.3 is 5.32 Å². The van der Waals surface area contributed by atoms with E-state index in [-0.39, 0.29) is 0 Å². The van der Waals surface area contributed by atoms with Gasteiger partial charge in [0.15, 0.2) is 0 Å². The number of rotatable bonds is 10. The van der Waals surface area contributed by atoms with Crippen molar-refractivity contribution in [1.29, 1.82) is 0 Å². The minimum atomic E-state index is 0.795. The van der Waals surface area contributed by atoms with E-state index in [4.69, 9.17) is 0 Å². The molecule has 0 aromatic heterocycles. The Labute approximate surface area is 121 Å². The second kappa shape index (κ2) is 10.7. The Balaban J connectivity index is 2.05. The molecule has 114 valence electrons. The highest BCUT2D eigenvalue weighted by molar-refractivity contribution is 4.80. The van der Waals surface area contributed by atoms with Gasteiger partial charge in [-0.15, -0.1) is 0 Å². The molecule has 1 fully saturated rings. The molecular formula is C18H37N. The molecule has 1 aliphatic carbocycles. The Bertz CT molecular complexity index is 194. The Morgan fingerprint density at radius 3 is 2.05 bits per heavy atom. The first kappa shape index (κ1) is 17.0. The fourth-order valence-corrected chi connectivity index (χ4v) is 3.63. The number of hydrogen-bond acceptors (Lipinski definition) is 1. The lowest BCUT2D eigenvalue weighted by molar-refractivity contribution is 0.226. The maximum Gasteiger partial charge on any atom is 0.00923 e. The summed E-state index contributed by atoms with van der Waals surface area (Å²) < 4.78 is 0. The van der Waals surface area contributed by atoms with Crippen LogP contribution in [0.5, 0.6) is 0 Å². The largest absolute Gasteiger partial charge is 0.317 e. The van der Waals surface area contributed by atoms with Gasteiger partial charge in [-0.1, -0.05) is 71.6 Å². The van der Waals surface area contributed by atoms with E-state index in [0.717, 1.165) is 17.9 Å². The van der Waals surface area contributed by atoms with Crippen LogP contribution in [-0.4, -0.2) is 13.1 Å². The highest BCUT2D eigenvalue weighted by Crippen LogP contribution is 2.31. The van der Waals surface area contributed by atoms with Gasteiger partial charge in [0.2, 0.25) is 0 Å². The van der Waals surface area contributed by atoms with E-state index in [2.05, 4.69) is 26.2 Å². The quantitative estimate of drug-likeness (QED) is 0.512. The summed E-state index contributed by atoms with van der Waals surface area (Å²) in [5.74, 6) is 1.94. The van der Waals surface area contributed by atoms with Crippen LogP contribution in [0.25, 0.3) is 0 Å². The van der Waals surface area contributed by atoms with Crippen molar-refractivity contribution in [2.24, 2.45) is 11.8 Å². The van der Waals surface area contributed by atoms with Crippen molar-refractivity contribution in [3.8, 4) is 0 Å². The van der Waals surface area contributed by atoms with Crippen LogP contribution >= 0.6 is 0 Å². The standard InChI is InChI=1S/C18H37N/c1-4-5-6-7-8-9-10-11-18(19-3)17-14-12-16(2)13-15-17/h16-19H,4-15H2,1-3H3. The maximum absolute atomic E-state index is 3.60. The summed E-state index contributed by atoms with van der Waals surface area (Å²) in [5, 5.41) is 3.60. The number of hydrogen-bond donors (Lipinski definition) is 1. The lowest BCUT2D eigenvalue weighted by Crippen LogP contribution is -2.35. The molecule has 0 heterocycles. The molecule has 0 amide bonds. The van der Waals surface area contributed by atoms with Gasteiger partial charge in [0.1, 0.15) is 0 Å². The first-order valence-electron chi connectivity index (χ1n) is 8.95. The second-order valence-corrected chi connectivity index (χ2v) is 6.83. The van der Waals surface area contributed by atoms with Crippen molar-refractivity contribution in [3.05, 3.63) is 0 Å². The predicted molar refractivity (Wildman–Crippen MR) is 86.6 cm³/mol. The molecule has 1 aliphatic rings. The fourth-order valence-electron chi connectivity index (χ4n) is 3.63. The van der Waals surface area contributed by atoms with Crippen molar-refractivity contribution in [3.63, 3.8) is 0 Å². The third-order valence-electron chi connectivity index (χ3n) is 5.12. The fraction of sp³-hybridized carbons (Fsp3) is 1.00. The molecule has 1 unspecified atom stereocenters. The Morgan fingerprint density at radius 1 is 0.895 bits per heavy atom. The first-order valence-corrected chi connectivity index (χ1v) is 8.95. The van der Waals surface area contributed by atoms with E-state index in [0.29, 0.717) is 0 Å². The van der Waals surface area contributed by atoms with Gasteiger partial charge in [0, 0.05) is 6.04 Å². The lowest BCUT2D eigenvalue weighted by Gasteiger charge is -2.32. The van der Waals surface area contributed by atoms with Crippen LogP contribution in [-0.2, 0) is 0 Å². The molecule has 1 rings (SSSR count). The van der Waals surface area contributed by atoms with Crippen LogP contribution in [0.1, 0.15) is 90.9 Å². The third-order valence-corrected chi connectivity index (χ3v) is 5.12. The third kappa shape index (κ3) is 7.34. The maximum atomic E-state index is 3.60. The zero-order valence-corrected chi connectivity index (χ0v) is 13.7. The topological polar surface area (TPSA) is 12.0 Å². The summed E-state index contributed by atoms with van der Waals surface area (Å²) >= 11 is 0. The van der Waals surface area contributed by atoms with Crippen molar-refractivity contribution < 1.29 is 0 Å². The molecule has 0 radical (unpaired) electrons. The predicted octanol–water partition coefficient (Wildman–Crippen LogP) is 5.54. The first-order chi connectivity index (χ1) is 9.27. The Hall–Kier alpha value is -0.0400. The molecule has 0 saturated heterocycles. The summed E-state index contributed by atoms with van der Waals surface area (Å²) in [6.45, 7) is 4.71. The van der Waals surface area contributed by atoms with Gasteiger partial charge in [-0.2, -0.15) is 0 Å². The zero-order valence-electron chi connectivity index (χ0n) is 13.7. The van der Waals surface area contributed by atoms with Crippen molar-refractivity contribution in [2.75, 3.05) is 7.05 Å². The van der Waals surface area contributed by atoms with Crippen LogP contribution < -0.4 is 5.32 Å². The van der Waals surface area contributed by atoms with Gasteiger partial charge in [-0.3, -0.25) is 0 Å². The van der Waals surface area contributed by atoms with Crippen LogP contribution in [0.2, 0.25) is 0 Å². The monoisotopic (exact) mass is 267 g/mol. The van der Waals surface area contributed by atoms with E-state index in [9.17, 15) is 0 Å². The highest BCUT2D eigenvalue weighted by atomic mass is 14.9. The molecule has 0 bridgehead atoms. The van der Waals surface area contributed by atoms with Crippen molar-refractivity contribution >= 4 is 0 Å². The Kier molecular flexibility index (Phi) is 9.59. The summed E-state index contributed by atoms with van der Waals surface area (Å²) in [5.41, 5.74) is 0. The molecule has 1 heteroatoms. The lowest BCUT2D eigenvalue weighted by atomic mass is 9.78.